The third-order valence-corrected chi connectivity index (χ3v) is 5.72. The van der Waals surface area contributed by atoms with E-state index in [1.54, 1.807) is 0 Å². The minimum Gasteiger partial charge on any atom is -0.311 e. The van der Waals surface area contributed by atoms with Crippen molar-refractivity contribution in [3.63, 3.8) is 0 Å². The first-order valence-electron chi connectivity index (χ1n) is 8.88. The number of benzene rings is 2. The molecule has 31 heavy (non-hydrogen) atoms. The second-order valence-electron chi connectivity index (χ2n) is 6.81. The number of nitrogens with zero attached hydrogens (tertiary/aromatic N) is 4. The fraction of sp³-hybridized carbons (Fsp3) is 0.294. The van der Waals surface area contributed by atoms with Crippen molar-refractivity contribution in [3.8, 4) is 0 Å². The van der Waals surface area contributed by atoms with Crippen LogP contribution >= 0.6 is 0 Å². The minimum absolute atomic E-state index is 0.204. The maximum absolute atomic E-state index is 10.9. The lowest BCUT2D eigenvalue weighted by atomic mass is 10.2. The minimum atomic E-state index is -5.30. The van der Waals surface area contributed by atoms with Gasteiger partial charge in [-0.15, -0.1) is 0 Å². The highest BCUT2D eigenvalue weighted by molar-refractivity contribution is 7.86. The van der Waals surface area contributed by atoms with Crippen molar-refractivity contribution < 1.29 is 32.2 Å². The highest BCUT2D eigenvalue weighted by Gasteiger charge is 2.40. The van der Waals surface area contributed by atoms with Crippen molar-refractivity contribution in [2.24, 2.45) is 0 Å². The Kier molecular flexibility index (Phi) is 6.99. The number of rotatable bonds is 7. The van der Waals surface area contributed by atoms with Crippen LogP contribution in [0.15, 0.2) is 47.4 Å². The SMILES string of the molecule is CC[N+]1(Cc2ccccc2)CC1.O=[N+]([O-])c1cc([N+](=O)[O-])c(S(=O)(=O)O)c([N+](=O)[O-])c1. The molecule has 14 heteroatoms. The van der Waals surface area contributed by atoms with E-state index in [2.05, 4.69) is 37.3 Å². The van der Waals surface area contributed by atoms with Crippen LogP contribution in [0, 0.1) is 30.3 Å². The summed E-state index contributed by atoms with van der Waals surface area (Å²) in [5.74, 6) is 0. The normalized spacial score (nSPS) is 14.1. The lowest BCUT2D eigenvalue weighted by molar-refractivity contribution is -0.811. The summed E-state index contributed by atoms with van der Waals surface area (Å²) in [6.45, 7) is 7.57. The van der Waals surface area contributed by atoms with Gasteiger partial charge in [0.25, 0.3) is 5.69 Å². The van der Waals surface area contributed by atoms with Crippen LogP contribution in [0.5, 0.6) is 0 Å². The van der Waals surface area contributed by atoms with Gasteiger partial charge in [0.05, 0.1) is 33.4 Å². The van der Waals surface area contributed by atoms with Crippen molar-refractivity contribution in [1.29, 1.82) is 0 Å². The molecule has 0 saturated carbocycles. The summed E-state index contributed by atoms with van der Waals surface area (Å²) < 4.78 is 32.0. The van der Waals surface area contributed by atoms with Gasteiger partial charge in [0.15, 0.2) is 0 Å². The summed E-state index contributed by atoms with van der Waals surface area (Å²) in [4.78, 5) is 26.1. The maximum atomic E-state index is 10.9. The fourth-order valence-corrected chi connectivity index (χ4v) is 3.72. The highest BCUT2D eigenvalue weighted by Crippen LogP contribution is 2.36. The summed E-state index contributed by atoms with van der Waals surface area (Å²) >= 11 is 0. The van der Waals surface area contributed by atoms with E-state index in [-0.39, 0.29) is 12.1 Å². The van der Waals surface area contributed by atoms with Crippen LogP contribution in [0.25, 0.3) is 0 Å². The predicted octanol–water partition coefficient (Wildman–Crippen LogP) is 2.69. The van der Waals surface area contributed by atoms with Gasteiger partial charge in [0.2, 0.25) is 4.90 Å². The number of non-ortho nitro benzene ring substituents is 1. The van der Waals surface area contributed by atoms with Gasteiger partial charge in [-0.05, 0) is 6.92 Å². The number of quaternary nitrogens is 1. The van der Waals surface area contributed by atoms with Crippen molar-refractivity contribution in [2.75, 3.05) is 19.6 Å². The molecule has 0 aliphatic carbocycles. The summed E-state index contributed by atoms with van der Waals surface area (Å²) in [6, 6.07) is 11.2. The molecule has 0 unspecified atom stereocenters. The highest BCUT2D eigenvalue weighted by atomic mass is 32.2. The van der Waals surface area contributed by atoms with Crippen molar-refractivity contribution in [2.45, 2.75) is 18.4 Å². The Labute approximate surface area is 176 Å². The monoisotopic (exact) mass is 455 g/mol. The van der Waals surface area contributed by atoms with Gasteiger partial charge in [0, 0.05) is 5.56 Å². The average Bonchev–Trinajstić information content (AvgIpc) is 3.47. The molecule has 0 bridgehead atoms. The zero-order chi connectivity index (χ0) is 23.4. The Morgan fingerprint density at radius 1 is 0.935 bits per heavy atom. The van der Waals surface area contributed by atoms with Crippen LogP contribution in [-0.4, -0.2) is 51.9 Å². The lowest BCUT2D eigenvalue weighted by Gasteiger charge is -2.15. The van der Waals surface area contributed by atoms with Crippen LogP contribution in [0.2, 0.25) is 0 Å². The third kappa shape index (κ3) is 6.00. The fourth-order valence-electron chi connectivity index (χ4n) is 2.92. The van der Waals surface area contributed by atoms with E-state index < -0.39 is 46.8 Å². The van der Waals surface area contributed by atoms with E-state index in [0.717, 1.165) is 0 Å². The van der Waals surface area contributed by atoms with Gasteiger partial charge in [-0.25, -0.2) is 0 Å². The molecule has 0 radical (unpaired) electrons. The first kappa shape index (κ1) is 23.8. The van der Waals surface area contributed by atoms with Crippen LogP contribution in [0.1, 0.15) is 12.5 Å². The molecular formula is C17H19N4O9S+. The van der Waals surface area contributed by atoms with Gasteiger partial charge in [-0.2, -0.15) is 8.42 Å². The molecule has 2 aromatic rings. The molecule has 2 aromatic carbocycles. The van der Waals surface area contributed by atoms with E-state index in [9.17, 15) is 38.8 Å². The summed E-state index contributed by atoms with van der Waals surface area (Å²) in [6.07, 6.45) is 0. The quantitative estimate of drug-likeness (QED) is 0.215. The zero-order valence-corrected chi connectivity index (χ0v) is 17.1. The zero-order valence-electron chi connectivity index (χ0n) is 16.3. The summed E-state index contributed by atoms with van der Waals surface area (Å²) in [5, 5.41) is 31.7. The van der Waals surface area contributed by atoms with Crippen LogP contribution in [-0.2, 0) is 16.7 Å². The first-order chi connectivity index (χ1) is 14.4. The predicted molar refractivity (Wildman–Crippen MR) is 107 cm³/mol. The Hall–Kier alpha value is -3.49. The second-order valence-corrected chi connectivity index (χ2v) is 8.17. The van der Waals surface area contributed by atoms with Gasteiger partial charge in [0.1, 0.15) is 19.6 Å². The third-order valence-electron chi connectivity index (χ3n) is 4.78. The van der Waals surface area contributed by atoms with Crippen molar-refractivity contribution >= 4 is 27.2 Å². The Morgan fingerprint density at radius 3 is 1.74 bits per heavy atom. The molecule has 1 N–H and O–H groups in total. The molecule has 13 nitrogen and oxygen atoms in total. The Balaban J connectivity index is 0.000000242. The van der Waals surface area contributed by atoms with Gasteiger partial charge in [-0.3, -0.25) is 34.9 Å². The average molecular weight is 455 g/mol. The Bertz CT molecular complexity index is 1080. The number of hydrogen-bond donors (Lipinski definition) is 1. The van der Waals surface area contributed by atoms with Crippen LogP contribution < -0.4 is 0 Å². The van der Waals surface area contributed by atoms with E-state index in [1.807, 2.05) is 0 Å². The molecule has 3 rings (SSSR count). The molecule has 0 spiro atoms. The molecule has 0 aromatic heterocycles. The maximum Gasteiger partial charge on any atom is 0.308 e. The van der Waals surface area contributed by atoms with Gasteiger partial charge in [-0.1, -0.05) is 30.3 Å². The molecule has 1 saturated heterocycles. The summed E-state index contributed by atoms with van der Waals surface area (Å²) in [5.41, 5.74) is -2.48. The van der Waals surface area contributed by atoms with Gasteiger partial charge < -0.3 is 4.48 Å². The standard InChI is InChI=1S/C11H16N.C6H3N3O9S/c1-2-12(8-9-12)10-11-6-4-3-5-7-11;10-7(11)3-1-4(8(12)13)6(19(16,17)18)5(2-3)9(14)15/h3-7H,2,8-10H2,1H3;1-2H,(H,16,17,18)/q+1;. The molecule has 1 fully saturated rings. The molecular weight excluding hydrogens is 436 g/mol. The van der Waals surface area contributed by atoms with E-state index >= 15 is 0 Å². The van der Waals surface area contributed by atoms with Crippen LogP contribution in [0.3, 0.4) is 0 Å². The van der Waals surface area contributed by atoms with Crippen LogP contribution in [0.4, 0.5) is 17.1 Å². The molecule has 1 aliphatic heterocycles. The van der Waals surface area contributed by atoms with Crippen molar-refractivity contribution in [3.05, 3.63) is 78.4 Å². The van der Waals surface area contributed by atoms with E-state index in [4.69, 9.17) is 4.55 Å². The molecule has 0 amide bonds. The lowest BCUT2D eigenvalue weighted by Crippen LogP contribution is -2.24. The topological polar surface area (TPSA) is 184 Å². The molecule has 1 heterocycles. The van der Waals surface area contributed by atoms with E-state index in [0.29, 0.717) is 0 Å². The van der Waals surface area contributed by atoms with E-state index in [1.165, 1.54) is 36.2 Å². The Morgan fingerprint density at radius 2 is 1.42 bits per heavy atom. The van der Waals surface area contributed by atoms with Gasteiger partial charge >= 0.3 is 21.5 Å². The molecule has 166 valence electrons. The molecule has 1 aliphatic rings. The molecule has 0 atom stereocenters. The second kappa shape index (κ2) is 9.11. The summed E-state index contributed by atoms with van der Waals surface area (Å²) in [7, 11) is -5.30. The number of hydrogen-bond acceptors (Lipinski definition) is 8. The number of nitro benzene ring substituents is 3. The smallest absolute Gasteiger partial charge is 0.308 e. The van der Waals surface area contributed by atoms with Crippen molar-refractivity contribution in [1.82, 2.24) is 0 Å². The first-order valence-corrected chi connectivity index (χ1v) is 10.3. The number of likely N-dealkylation sites (N-methyl/N-ethyl adjacent to an activating group) is 1. The number of nitro groups is 3. The largest absolute Gasteiger partial charge is 0.311 e.